The van der Waals surface area contributed by atoms with Gasteiger partial charge in [-0.15, -0.1) is 21.5 Å². The summed E-state index contributed by atoms with van der Waals surface area (Å²) < 4.78 is 6.86. The van der Waals surface area contributed by atoms with Gasteiger partial charge in [0.25, 0.3) is 0 Å². The van der Waals surface area contributed by atoms with Crippen molar-refractivity contribution >= 4 is 40.0 Å². The minimum absolute atomic E-state index is 0.115. The molecule has 162 valence electrons. The van der Waals surface area contributed by atoms with Gasteiger partial charge >= 0.3 is 5.97 Å². The van der Waals surface area contributed by atoms with Crippen molar-refractivity contribution in [1.29, 1.82) is 0 Å². The number of thiophene rings is 1. The van der Waals surface area contributed by atoms with Crippen LogP contribution in [-0.2, 0) is 9.53 Å². The van der Waals surface area contributed by atoms with Gasteiger partial charge in [-0.05, 0) is 24.6 Å². The number of methoxy groups -OCH3 is 1. The highest BCUT2D eigenvalue weighted by atomic mass is 32.2. The summed E-state index contributed by atoms with van der Waals surface area (Å²) in [5, 5.41) is 14.1. The van der Waals surface area contributed by atoms with Crippen molar-refractivity contribution < 1.29 is 14.3 Å². The van der Waals surface area contributed by atoms with Gasteiger partial charge in [-0.2, -0.15) is 0 Å². The number of hydrogen-bond donors (Lipinski definition) is 1. The maximum atomic E-state index is 12.7. The molecule has 0 spiro atoms. The number of rotatable bonds is 7. The molecule has 2 heterocycles. The number of aromatic nitrogens is 3. The number of nitrogens with one attached hydrogen (secondary N) is 1. The molecule has 1 amide bonds. The molecule has 0 fully saturated rings. The zero-order valence-corrected chi connectivity index (χ0v) is 19.1. The highest BCUT2D eigenvalue weighted by molar-refractivity contribution is 7.99. The normalized spacial score (nSPS) is 10.7. The Labute approximate surface area is 193 Å². The number of carbonyl (C=O) groups excluding carboxylic acids is 2. The fraction of sp³-hybridized carbons (Fsp3) is 0.130. The standard InChI is InChI=1S/C23H20N4O3S2/c1-15-25-26-23(27(15)17-11-7-4-8-12-17)32-14-19(28)24-21-20(22(29)30-2)18(13-31-21)16-9-5-3-6-10-16/h3-13H,14H2,1-2H3,(H,24,28). The molecule has 9 heteroatoms. The van der Waals surface area contributed by atoms with Gasteiger partial charge < -0.3 is 10.1 Å². The Balaban J connectivity index is 1.51. The number of esters is 1. The van der Waals surface area contributed by atoms with Crippen molar-refractivity contribution in [3.8, 4) is 16.8 Å². The Morgan fingerprint density at radius 1 is 1.06 bits per heavy atom. The Bertz CT molecular complexity index is 1240. The Morgan fingerprint density at radius 2 is 1.75 bits per heavy atom. The van der Waals surface area contributed by atoms with Crippen LogP contribution in [0.2, 0.25) is 0 Å². The highest BCUT2D eigenvalue weighted by Crippen LogP contribution is 2.36. The SMILES string of the molecule is COC(=O)c1c(-c2ccccc2)csc1NC(=O)CSc1nnc(C)n1-c1ccccc1. The number of aryl methyl sites for hydroxylation is 1. The molecule has 0 aliphatic carbocycles. The second kappa shape index (κ2) is 9.80. The lowest BCUT2D eigenvalue weighted by molar-refractivity contribution is -0.113. The Morgan fingerprint density at radius 3 is 2.44 bits per heavy atom. The van der Waals surface area contributed by atoms with E-state index >= 15 is 0 Å². The van der Waals surface area contributed by atoms with E-state index in [4.69, 9.17) is 4.74 Å². The molecule has 0 bridgehead atoms. The van der Waals surface area contributed by atoms with Gasteiger partial charge in [0.05, 0.1) is 12.9 Å². The van der Waals surface area contributed by atoms with Gasteiger partial charge in [0.15, 0.2) is 5.16 Å². The third-order valence-corrected chi connectivity index (χ3v) is 6.48. The first-order valence-corrected chi connectivity index (χ1v) is 11.6. The lowest BCUT2D eigenvalue weighted by atomic mass is 10.0. The molecule has 0 aliphatic rings. The zero-order valence-electron chi connectivity index (χ0n) is 17.4. The molecular formula is C23H20N4O3S2. The maximum Gasteiger partial charge on any atom is 0.341 e. The van der Waals surface area contributed by atoms with Crippen molar-refractivity contribution in [2.24, 2.45) is 0 Å². The molecule has 0 unspecified atom stereocenters. The number of nitrogens with zero attached hydrogens (tertiary/aromatic N) is 3. The van der Waals surface area contributed by atoms with E-state index in [1.807, 2.05) is 77.5 Å². The summed E-state index contributed by atoms with van der Waals surface area (Å²) in [5.74, 6) is 0.108. The molecule has 1 N–H and O–H groups in total. The van der Waals surface area contributed by atoms with E-state index in [2.05, 4.69) is 15.5 Å². The van der Waals surface area contributed by atoms with Crippen LogP contribution in [0.1, 0.15) is 16.2 Å². The molecule has 0 atom stereocenters. The largest absolute Gasteiger partial charge is 0.465 e. The number of ether oxygens (including phenoxy) is 1. The molecule has 0 saturated carbocycles. The van der Waals surface area contributed by atoms with E-state index in [-0.39, 0.29) is 11.7 Å². The van der Waals surface area contributed by atoms with Crippen LogP contribution in [0.4, 0.5) is 5.00 Å². The summed E-state index contributed by atoms with van der Waals surface area (Å²) in [4.78, 5) is 25.2. The summed E-state index contributed by atoms with van der Waals surface area (Å²) in [5.41, 5.74) is 2.89. The minimum atomic E-state index is -0.493. The van der Waals surface area contributed by atoms with Crippen LogP contribution in [0, 0.1) is 6.92 Å². The van der Waals surface area contributed by atoms with Crippen molar-refractivity contribution in [1.82, 2.24) is 14.8 Å². The first-order chi connectivity index (χ1) is 15.6. The van der Waals surface area contributed by atoms with Crippen LogP contribution in [-0.4, -0.2) is 39.5 Å². The fourth-order valence-corrected chi connectivity index (χ4v) is 4.96. The van der Waals surface area contributed by atoms with Gasteiger partial charge in [-0.3, -0.25) is 9.36 Å². The van der Waals surface area contributed by atoms with Crippen molar-refractivity contribution in [3.05, 3.63) is 77.4 Å². The molecular weight excluding hydrogens is 444 g/mol. The summed E-state index contributed by atoms with van der Waals surface area (Å²) >= 11 is 2.57. The first-order valence-electron chi connectivity index (χ1n) is 9.73. The van der Waals surface area contributed by atoms with Gasteiger partial charge in [-0.25, -0.2) is 4.79 Å². The van der Waals surface area contributed by atoms with Gasteiger partial charge in [0.1, 0.15) is 16.4 Å². The van der Waals surface area contributed by atoms with Crippen LogP contribution in [0.15, 0.2) is 71.2 Å². The Kier molecular flexibility index (Phi) is 6.67. The summed E-state index contributed by atoms with van der Waals surface area (Å²) in [7, 11) is 1.33. The number of thioether (sulfide) groups is 1. The third-order valence-electron chi connectivity index (χ3n) is 4.66. The van der Waals surface area contributed by atoms with Crippen molar-refractivity contribution in [3.63, 3.8) is 0 Å². The third kappa shape index (κ3) is 4.58. The topological polar surface area (TPSA) is 86.1 Å². The van der Waals surface area contributed by atoms with E-state index < -0.39 is 5.97 Å². The van der Waals surface area contributed by atoms with E-state index in [9.17, 15) is 9.59 Å². The van der Waals surface area contributed by atoms with Crippen molar-refractivity contribution in [2.45, 2.75) is 12.1 Å². The summed E-state index contributed by atoms with van der Waals surface area (Å²) in [6.07, 6.45) is 0. The number of carbonyl (C=O) groups is 2. The predicted octanol–water partition coefficient (Wildman–Crippen LogP) is 4.82. The maximum absolute atomic E-state index is 12.7. The Hall–Kier alpha value is -3.43. The van der Waals surface area contributed by atoms with Crippen molar-refractivity contribution in [2.75, 3.05) is 18.2 Å². The molecule has 4 rings (SSSR count). The van der Waals surface area contributed by atoms with E-state index in [0.29, 0.717) is 15.7 Å². The molecule has 32 heavy (non-hydrogen) atoms. The quantitative estimate of drug-likeness (QED) is 0.312. The average molecular weight is 465 g/mol. The highest BCUT2D eigenvalue weighted by Gasteiger charge is 2.22. The molecule has 4 aromatic rings. The predicted molar refractivity (Wildman–Crippen MR) is 127 cm³/mol. The number of anilines is 1. The molecule has 2 aromatic carbocycles. The number of amides is 1. The lowest BCUT2D eigenvalue weighted by Crippen LogP contribution is -2.16. The van der Waals surface area contributed by atoms with Crippen LogP contribution >= 0.6 is 23.1 Å². The number of benzene rings is 2. The second-order valence-corrected chi connectivity index (χ2v) is 8.57. The van der Waals surface area contributed by atoms with Crippen LogP contribution in [0.3, 0.4) is 0 Å². The monoisotopic (exact) mass is 464 g/mol. The van der Waals surface area contributed by atoms with E-state index in [1.54, 1.807) is 0 Å². The number of hydrogen-bond acceptors (Lipinski definition) is 7. The van der Waals surface area contributed by atoms with Crippen LogP contribution in [0.25, 0.3) is 16.8 Å². The summed E-state index contributed by atoms with van der Waals surface area (Å²) in [6, 6.07) is 19.2. The minimum Gasteiger partial charge on any atom is -0.465 e. The molecule has 2 aromatic heterocycles. The number of para-hydroxylation sites is 1. The molecule has 0 aliphatic heterocycles. The molecule has 0 radical (unpaired) electrons. The lowest BCUT2D eigenvalue weighted by Gasteiger charge is -2.09. The first kappa shape index (κ1) is 21.8. The smallest absolute Gasteiger partial charge is 0.341 e. The van der Waals surface area contributed by atoms with Crippen LogP contribution in [0.5, 0.6) is 0 Å². The van der Waals surface area contributed by atoms with Gasteiger partial charge in [0, 0.05) is 16.6 Å². The van der Waals surface area contributed by atoms with Gasteiger partial charge in [-0.1, -0.05) is 60.3 Å². The van der Waals surface area contributed by atoms with E-state index in [1.165, 1.54) is 30.2 Å². The second-order valence-electron chi connectivity index (χ2n) is 6.75. The fourth-order valence-electron chi connectivity index (χ4n) is 3.19. The van der Waals surface area contributed by atoms with E-state index in [0.717, 1.165) is 22.6 Å². The van der Waals surface area contributed by atoms with Crippen LogP contribution < -0.4 is 5.32 Å². The zero-order chi connectivity index (χ0) is 22.5. The van der Waals surface area contributed by atoms with Gasteiger partial charge in [0.2, 0.25) is 5.91 Å². The summed E-state index contributed by atoms with van der Waals surface area (Å²) in [6.45, 7) is 1.86. The molecule has 7 nitrogen and oxygen atoms in total. The molecule has 0 saturated heterocycles. The average Bonchev–Trinajstić information content (AvgIpc) is 3.41.